The minimum Gasteiger partial charge on any atom is -0.497 e. The Bertz CT molecular complexity index is 1400. The predicted molar refractivity (Wildman–Crippen MR) is 136 cm³/mol. The molecule has 1 amide bonds. The van der Waals surface area contributed by atoms with Crippen molar-refractivity contribution in [2.45, 2.75) is 26.2 Å². The number of anilines is 1. The highest BCUT2D eigenvalue weighted by atomic mass is 32.1. The molecule has 4 aromatic rings. The molecular weight excluding hydrogens is 462 g/mol. The Kier molecular flexibility index (Phi) is 6.46. The van der Waals surface area contributed by atoms with Crippen molar-refractivity contribution in [3.63, 3.8) is 0 Å². The van der Waals surface area contributed by atoms with E-state index in [0.717, 1.165) is 58.4 Å². The molecule has 1 atom stereocenters. The van der Waals surface area contributed by atoms with Crippen LogP contribution in [0.4, 0.5) is 5.13 Å². The number of pyridine rings is 1. The first kappa shape index (κ1) is 23.0. The summed E-state index contributed by atoms with van der Waals surface area (Å²) in [7, 11) is 1.62. The number of nitrogens with zero attached hydrogens (tertiary/aromatic N) is 2. The molecular formula is C27H25N3O4S. The van der Waals surface area contributed by atoms with Crippen LogP contribution in [0.1, 0.15) is 35.0 Å². The summed E-state index contributed by atoms with van der Waals surface area (Å²) in [6, 6.07) is 15.1. The van der Waals surface area contributed by atoms with Crippen molar-refractivity contribution in [3.8, 4) is 17.0 Å². The number of amides is 1. The van der Waals surface area contributed by atoms with Gasteiger partial charge in [-0.2, -0.15) is 0 Å². The zero-order chi connectivity index (χ0) is 24.4. The topological polar surface area (TPSA) is 90.4 Å². The first-order valence-electron chi connectivity index (χ1n) is 11.5. The van der Waals surface area contributed by atoms with Crippen molar-refractivity contribution in [3.05, 3.63) is 70.7 Å². The average Bonchev–Trinajstić information content (AvgIpc) is 3.34. The fourth-order valence-electron chi connectivity index (χ4n) is 4.38. The number of rotatable bonds is 6. The van der Waals surface area contributed by atoms with Gasteiger partial charge in [0, 0.05) is 22.0 Å². The van der Waals surface area contributed by atoms with Gasteiger partial charge in [0.2, 0.25) is 0 Å². The summed E-state index contributed by atoms with van der Waals surface area (Å²) in [4.78, 5) is 35.0. The summed E-state index contributed by atoms with van der Waals surface area (Å²) in [5, 5.41) is 5.78. The molecule has 2 heterocycles. The molecule has 0 aliphatic heterocycles. The van der Waals surface area contributed by atoms with E-state index >= 15 is 0 Å². The number of thiazole rings is 1. The molecule has 1 unspecified atom stereocenters. The zero-order valence-electron chi connectivity index (χ0n) is 19.5. The highest BCUT2D eigenvalue weighted by Crippen LogP contribution is 2.32. The molecule has 1 N–H and O–H groups in total. The van der Waals surface area contributed by atoms with E-state index in [4.69, 9.17) is 14.5 Å². The van der Waals surface area contributed by atoms with Gasteiger partial charge in [-0.25, -0.2) is 9.78 Å². The first-order valence-corrected chi connectivity index (χ1v) is 12.4. The van der Waals surface area contributed by atoms with Crippen LogP contribution in [0.15, 0.2) is 53.9 Å². The number of fused-ring (bicyclic) bond motifs is 2. The van der Waals surface area contributed by atoms with E-state index in [2.05, 4.69) is 17.2 Å². The average molecular weight is 488 g/mol. The molecule has 1 aliphatic rings. The monoisotopic (exact) mass is 487 g/mol. The van der Waals surface area contributed by atoms with Crippen molar-refractivity contribution in [1.29, 1.82) is 0 Å². The van der Waals surface area contributed by atoms with Crippen molar-refractivity contribution in [2.24, 2.45) is 5.92 Å². The van der Waals surface area contributed by atoms with E-state index in [0.29, 0.717) is 16.6 Å². The second kappa shape index (κ2) is 9.84. The van der Waals surface area contributed by atoms with E-state index in [1.54, 1.807) is 7.11 Å². The number of hydrogen-bond acceptors (Lipinski definition) is 7. The van der Waals surface area contributed by atoms with Crippen molar-refractivity contribution in [1.82, 2.24) is 9.97 Å². The van der Waals surface area contributed by atoms with E-state index in [1.165, 1.54) is 11.3 Å². The minimum atomic E-state index is -0.498. The normalized spacial score (nSPS) is 14.9. The molecule has 0 saturated carbocycles. The summed E-state index contributed by atoms with van der Waals surface area (Å²) in [6.45, 7) is 1.78. The van der Waals surface area contributed by atoms with E-state index in [1.807, 2.05) is 53.9 Å². The third-order valence-electron chi connectivity index (χ3n) is 6.18. The third kappa shape index (κ3) is 4.88. The van der Waals surface area contributed by atoms with Crippen LogP contribution in [0, 0.1) is 5.92 Å². The molecule has 0 bridgehead atoms. The molecule has 178 valence electrons. The van der Waals surface area contributed by atoms with Crippen LogP contribution in [0.2, 0.25) is 0 Å². The second-order valence-corrected chi connectivity index (χ2v) is 9.53. The molecule has 5 rings (SSSR count). The van der Waals surface area contributed by atoms with Crippen LogP contribution in [0.5, 0.6) is 5.75 Å². The van der Waals surface area contributed by atoms with E-state index in [9.17, 15) is 9.59 Å². The highest BCUT2D eigenvalue weighted by Gasteiger charge is 2.26. The molecule has 0 radical (unpaired) electrons. The molecule has 0 saturated heterocycles. The molecule has 35 heavy (non-hydrogen) atoms. The van der Waals surface area contributed by atoms with Gasteiger partial charge in [-0.3, -0.25) is 15.1 Å². The van der Waals surface area contributed by atoms with Gasteiger partial charge >= 0.3 is 5.97 Å². The maximum absolute atomic E-state index is 13.2. The summed E-state index contributed by atoms with van der Waals surface area (Å²) < 4.78 is 10.7. The number of nitrogens with one attached hydrogen (secondary N) is 1. The largest absolute Gasteiger partial charge is 0.497 e. The van der Waals surface area contributed by atoms with Gasteiger partial charge < -0.3 is 9.47 Å². The Morgan fingerprint density at radius 1 is 1.11 bits per heavy atom. The number of esters is 1. The Morgan fingerprint density at radius 2 is 1.91 bits per heavy atom. The van der Waals surface area contributed by atoms with Crippen LogP contribution < -0.4 is 10.1 Å². The van der Waals surface area contributed by atoms with Crippen molar-refractivity contribution in [2.75, 3.05) is 19.0 Å². The third-order valence-corrected chi connectivity index (χ3v) is 6.94. The molecule has 1 aliphatic carbocycles. The van der Waals surface area contributed by atoms with Gasteiger partial charge in [0.25, 0.3) is 5.91 Å². The number of benzene rings is 2. The summed E-state index contributed by atoms with van der Waals surface area (Å²) >= 11 is 1.31. The number of carbonyl (C=O) groups excluding carboxylic acids is 2. The van der Waals surface area contributed by atoms with Crippen LogP contribution in [-0.4, -0.2) is 35.6 Å². The fraction of sp³-hybridized carbons (Fsp3) is 0.259. The second-order valence-electron chi connectivity index (χ2n) is 8.67. The highest BCUT2D eigenvalue weighted by molar-refractivity contribution is 7.14. The van der Waals surface area contributed by atoms with Crippen LogP contribution >= 0.6 is 11.3 Å². The number of methoxy groups -OCH3 is 1. The lowest BCUT2D eigenvalue weighted by atomic mass is 9.84. The van der Waals surface area contributed by atoms with Crippen LogP contribution in [0.3, 0.4) is 0 Å². The molecule has 7 nitrogen and oxygen atoms in total. The van der Waals surface area contributed by atoms with Gasteiger partial charge in [-0.15, -0.1) is 11.3 Å². The van der Waals surface area contributed by atoms with Crippen molar-refractivity contribution >= 4 is 39.2 Å². The number of carbonyl (C=O) groups is 2. The number of aryl methyl sites for hydroxylation is 1. The zero-order valence-corrected chi connectivity index (χ0v) is 20.4. The number of ether oxygens (including phenoxy) is 2. The lowest BCUT2D eigenvalue weighted by Gasteiger charge is -2.24. The summed E-state index contributed by atoms with van der Waals surface area (Å²) in [6.07, 6.45) is 2.65. The molecule has 2 aromatic carbocycles. The van der Waals surface area contributed by atoms with E-state index in [-0.39, 0.29) is 0 Å². The summed E-state index contributed by atoms with van der Waals surface area (Å²) in [5.74, 6) is 0.291. The van der Waals surface area contributed by atoms with Gasteiger partial charge in [0.05, 0.1) is 23.9 Å². The van der Waals surface area contributed by atoms with Crippen LogP contribution in [0.25, 0.3) is 22.2 Å². The predicted octanol–water partition coefficient (Wildman–Crippen LogP) is 5.29. The molecule has 0 fully saturated rings. The molecule has 2 aromatic heterocycles. The van der Waals surface area contributed by atoms with Gasteiger partial charge in [-0.1, -0.05) is 25.1 Å². The smallest absolute Gasteiger partial charge is 0.339 e. The lowest BCUT2D eigenvalue weighted by molar-refractivity contribution is -0.119. The molecule has 8 heteroatoms. The Balaban J connectivity index is 1.28. The number of aromatic nitrogens is 2. The van der Waals surface area contributed by atoms with Crippen molar-refractivity contribution < 1.29 is 19.1 Å². The Labute approximate surface area is 207 Å². The van der Waals surface area contributed by atoms with Gasteiger partial charge in [0.1, 0.15) is 5.75 Å². The number of hydrogen-bond donors (Lipinski definition) is 1. The lowest BCUT2D eigenvalue weighted by Crippen LogP contribution is -2.23. The fourth-order valence-corrected chi connectivity index (χ4v) is 5.12. The van der Waals surface area contributed by atoms with E-state index < -0.39 is 18.5 Å². The van der Waals surface area contributed by atoms with Crippen LogP contribution in [-0.2, 0) is 22.4 Å². The van der Waals surface area contributed by atoms with Gasteiger partial charge in [-0.05, 0) is 61.1 Å². The standard InChI is InChI=1S/C27H25N3O4S/c1-16-7-12-22-20(13-16)25(19-5-3-4-6-21(19)28-22)26(32)34-14-24(31)30-27-29-23(15-35-27)17-8-10-18(33-2)11-9-17/h3-6,8-11,15-16H,7,12-14H2,1-2H3,(H,29,30,31). The first-order chi connectivity index (χ1) is 17.0. The Morgan fingerprint density at radius 3 is 2.71 bits per heavy atom. The minimum absolute atomic E-state index is 0.392. The SMILES string of the molecule is COc1ccc(-c2csc(NC(=O)COC(=O)c3c4c(nc5ccccc35)CCC(C)C4)n2)cc1. The maximum Gasteiger partial charge on any atom is 0.339 e. The Hall–Kier alpha value is -3.78. The quantitative estimate of drug-likeness (QED) is 0.372. The molecule has 0 spiro atoms. The summed E-state index contributed by atoms with van der Waals surface area (Å²) in [5.41, 5.74) is 4.85. The van der Waals surface area contributed by atoms with Gasteiger partial charge in [0.15, 0.2) is 11.7 Å². The maximum atomic E-state index is 13.2. The number of para-hydroxylation sites is 1.